The molecule has 0 bridgehead atoms. The maximum absolute atomic E-state index is 8.74. The molecule has 0 aromatic rings. The van der Waals surface area contributed by atoms with Crippen molar-refractivity contribution in [2.24, 2.45) is 0 Å². The molecular formula is C2H7Cl2NaO4S. The Morgan fingerprint density at radius 2 is 1.20 bits per heavy atom. The van der Waals surface area contributed by atoms with Gasteiger partial charge in [0.2, 0.25) is 0 Å². The fourth-order valence-corrected chi connectivity index (χ4v) is 0. The molecule has 10 heavy (non-hydrogen) atoms. The quantitative estimate of drug-likeness (QED) is 0.375. The minimum absolute atomic E-state index is 0. The van der Waals surface area contributed by atoms with Gasteiger partial charge in [-0.25, -0.2) is 0 Å². The van der Waals surface area contributed by atoms with E-state index in [1.807, 2.05) is 0 Å². The third-order valence-corrected chi connectivity index (χ3v) is 0.643. The average Bonchev–Trinajstić information content (AvgIpc) is 1.61. The molecule has 0 aliphatic heterocycles. The molecule has 4 nitrogen and oxygen atoms in total. The zero-order valence-electron chi connectivity index (χ0n) is 4.29. The third-order valence-electron chi connectivity index (χ3n) is 0.0714. The molecule has 0 saturated carbocycles. The summed E-state index contributed by atoms with van der Waals surface area (Å²) in [6, 6.07) is 0. The van der Waals surface area contributed by atoms with Crippen LogP contribution < -0.4 is 0 Å². The Morgan fingerprint density at radius 1 is 1.10 bits per heavy atom. The Kier molecular flexibility index (Phi) is 18.3. The molecule has 0 aromatic carbocycles. The topological polar surface area (TPSA) is 74.6 Å². The predicted octanol–water partition coefficient (Wildman–Crippen LogP) is 0.163. The molecular weight excluding hydrogens is 214 g/mol. The van der Waals surface area contributed by atoms with Crippen LogP contribution in [0.4, 0.5) is 0 Å². The van der Waals surface area contributed by atoms with Gasteiger partial charge >= 0.3 is 40.0 Å². The van der Waals surface area contributed by atoms with Gasteiger partial charge in [0.1, 0.15) is 0 Å². The maximum atomic E-state index is 8.74. The summed E-state index contributed by atoms with van der Waals surface area (Å²) in [5.41, 5.74) is 0. The third kappa shape index (κ3) is 112. The fraction of sp³-hybridized carbons (Fsp3) is 1.00. The van der Waals surface area contributed by atoms with Crippen LogP contribution in [0.25, 0.3) is 0 Å². The average molecular weight is 221 g/mol. The molecule has 0 heterocycles. The van der Waals surface area contributed by atoms with Gasteiger partial charge in [0.15, 0.2) is 0 Å². The van der Waals surface area contributed by atoms with Gasteiger partial charge in [-0.15, -0.1) is 23.2 Å². The molecule has 0 fully saturated rings. The minimum atomic E-state index is -4.67. The molecule has 0 saturated heterocycles. The molecule has 0 atom stereocenters. The predicted molar refractivity (Wildman–Crippen MR) is 42.8 cm³/mol. The zero-order chi connectivity index (χ0) is 7.91. The van der Waals surface area contributed by atoms with Crippen molar-refractivity contribution < 1.29 is 17.5 Å². The number of alkyl halides is 2. The van der Waals surface area contributed by atoms with Crippen LogP contribution in [0.1, 0.15) is 0 Å². The van der Waals surface area contributed by atoms with E-state index in [0.717, 1.165) is 0 Å². The van der Waals surface area contributed by atoms with Gasteiger partial charge in [0, 0.05) is 11.8 Å². The van der Waals surface area contributed by atoms with Crippen LogP contribution in [-0.4, -0.2) is 58.8 Å². The Hall–Kier alpha value is 1.45. The number of halogens is 2. The standard InChI is InChI=1S/C2H4Cl2.Na.H2O4S.H/c3-1-2-4;;1-5(2,3)4;/h1-2H2;;(H2,1,2,3,4);. The van der Waals surface area contributed by atoms with Crippen molar-refractivity contribution in [3.63, 3.8) is 0 Å². The van der Waals surface area contributed by atoms with Crippen molar-refractivity contribution in [2.75, 3.05) is 11.8 Å². The van der Waals surface area contributed by atoms with E-state index in [1.165, 1.54) is 0 Å². The molecule has 0 spiro atoms. The summed E-state index contributed by atoms with van der Waals surface area (Å²) in [5.74, 6) is 1.11. The van der Waals surface area contributed by atoms with Crippen LogP contribution in [-0.2, 0) is 10.4 Å². The van der Waals surface area contributed by atoms with E-state index >= 15 is 0 Å². The molecule has 0 aliphatic carbocycles. The van der Waals surface area contributed by atoms with Gasteiger partial charge in [-0.3, -0.25) is 9.11 Å². The molecule has 60 valence electrons. The van der Waals surface area contributed by atoms with E-state index in [0.29, 0.717) is 11.8 Å². The van der Waals surface area contributed by atoms with Crippen molar-refractivity contribution >= 4 is 63.2 Å². The van der Waals surface area contributed by atoms with E-state index in [2.05, 4.69) is 0 Å². The van der Waals surface area contributed by atoms with Crippen molar-refractivity contribution in [1.82, 2.24) is 0 Å². The van der Waals surface area contributed by atoms with Crippen molar-refractivity contribution in [3.8, 4) is 0 Å². The fourth-order valence-electron chi connectivity index (χ4n) is 0. The Morgan fingerprint density at radius 3 is 1.20 bits per heavy atom. The summed E-state index contributed by atoms with van der Waals surface area (Å²) in [7, 11) is -4.67. The first-order chi connectivity index (χ1) is 3.91. The summed E-state index contributed by atoms with van der Waals surface area (Å²) >= 11 is 10.1. The van der Waals surface area contributed by atoms with E-state index in [4.69, 9.17) is 40.7 Å². The van der Waals surface area contributed by atoms with Gasteiger partial charge in [0.25, 0.3) is 0 Å². The molecule has 8 heteroatoms. The van der Waals surface area contributed by atoms with Crippen LogP contribution in [0.2, 0.25) is 0 Å². The van der Waals surface area contributed by atoms with Crippen molar-refractivity contribution in [1.29, 1.82) is 0 Å². The van der Waals surface area contributed by atoms with Crippen molar-refractivity contribution in [3.05, 3.63) is 0 Å². The second kappa shape index (κ2) is 10.4. The molecule has 0 amide bonds. The zero-order valence-corrected chi connectivity index (χ0v) is 6.62. The van der Waals surface area contributed by atoms with E-state index in [9.17, 15) is 0 Å². The van der Waals surface area contributed by atoms with Crippen LogP contribution in [0.3, 0.4) is 0 Å². The second-order valence-corrected chi connectivity index (χ2v) is 2.48. The summed E-state index contributed by atoms with van der Waals surface area (Å²) in [6.45, 7) is 0. The number of hydrogen-bond donors (Lipinski definition) is 2. The van der Waals surface area contributed by atoms with Gasteiger partial charge < -0.3 is 0 Å². The Bertz CT molecular complexity index is 124. The number of hydrogen-bond acceptors (Lipinski definition) is 2. The number of rotatable bonds is 1. The van der Waals surface area contributed by atoms with Crippen LogP contribution in [0.15, 0.2) is 0 Å². The van der Waals surface area contributed by atoms with E-state index < -0.39 is 10.4 Å². The molecule has 2 N–H and O–H groups in total. The first kappa shape index (κ1) is 17.5. The van der Waals surface area contributed by atoms with Gasteiger partial charge in [-0.2, -0.15) is 8.42 Å². The summed E-state index contributed by atoms with van der Waals surface area (Å²) in [5, 5.41) is 0. The summed E-state index contributed by atoms with van der Waals surface area (Å²) in [4.78, 5) is 0. The molecule has 0 radical (unpaired) electrons. The van der Waals surface area contributed by atoms with Crippen LogP contribution in [0.5, 0.6) is 0 Å². The summed E-state index contributed by atoms with van der Waals surface area (Å²) < 4.78 is 31.6. The monoisotopic (exact) mass is 220 g/mol. The first-order valence-electron chi connectivity index (χ1n) is 1.73. The second-order valence-electron chi connectivity index (χ2n) is 0.826. The van der Waals surface area contributed by atoms with E-state index in [1.54, 1.807) is 0 Å². The summed E-state index contributed by atoms with van der Waals surface area (Å²) in [6.07, 6.45) is 0. The Labute approximate surface area is 91.8 Å². The normalized spacial score (nSPS) is 8.80. The molecule has 0 rings (SSSR count). The van der Waals surface area contributed by atoms with Gasteiger partial charge in [-0.05, 0) is 0 Å². The van der Waals surface area contributed by atoms with Gasteiger partial charge in [-0.1, -0.05) is 0 Å². The van der Waals surface area contributed by atoms with Crippen molar-refractivity contribution in [2.45, 2.75) is 0 Å². The molecule has 0 unspecified atom stereocenters. The Balaban J connectivity index is -0.0000000910. The van der Waals surface area contributed by atoms with Crippen LogP contribution >= 0.6 is 23.2 Å². The molecule has 0 aromatic heterocycles. The molecule has 0 aliphatic rings. The van der Waals surface area contributed by atoms with E-state index in [-0.39, 0.29) is 29.6 Å². The van der Waals surface area contributed by atoms with Gasteiger partial charge in [0.05, 0.1) is 0 Å². The SMILES string of the molecule is ClCCCl.O=S(=O)(O)O.[NaH]. The first-order valence-corrected chi connectivity index (χ1v) is 4.20. The van der Waals surface area contributed by atoms with Crippen LogP contribution in [0, 0.1) is 0 Å².